The molecule has 4 heteroatoms. The molecule has 0 aromatic carbocycles. The fourth-order valence-corrected chi connectivity index (χ4v) is 3.34. The monoisotopic (exact) mass is 251 g/mol. The lowest BCUT2D eigenvalue weighted by atomic mass is 9.65. The average Bonchev–Trinajstić information content (AvgIpc) is 3.02. The lowest BCUT2D eigenvalue weighted by Gasteiger charge is -2.41. The van der Waals surface area contributed by atoms with E-state index in [9.17, 15) is 0 Å². The minimum absolute atomic E-state index is 0.333. The molecule has 1 heterocycles. The first-order valence-corrected chi connectivity index (χ1v) is 7.44. The lowest BCUT2D eigenvalue weighted by molar-refractivity contribution is 0.111. The second kappa shape index (κ2) is 5.08. The maximum absolute atomic E-state index is 5.94. The minimum Gasteiger partial charge on any atom is -0.376 e. The summed E-state index contributed by atoms with van der Waals surface area (Å²) in [6.45, 7) is 2.64. The van der Waals surface area contributed by atoms with Gasteiger partial charge in [0.1, 0.15) is 0 Å². The predicted molar refractivity (Wildman–Crippen MR) is 72.5 cm³/mol. The van der Waals surface area contributed by atoms with Crippen molar-refractivity contribution >= 4 is 5.96 Å². The van der Waals surface area contributed by atoms with E-state index < -0.39 is 0 Å². The molecule has 3 rings (SSSR count). The molecule has 1 aliphatic heterocycles. The van der Waals surface area contributed by atoms with Crippen LogP contribution in [-0.4, -0.2) is 31.8 Å². The van der Waals surface area contributed by atoms with Gasteiger partial charge >= 0.3 is 0 Å². The van der Waals surface area contributed by atoms with Crippen molar-refractivity contribution in [3.8, 4) is 0 Å². The molecule has 3 fully saturated rings. The molecule has 0 radical (unpaired) electrons. The van der Waals surface area contributed by atoms with Crippen molar-refractivity contribution in [3.63, 3.8) is 0 Å². The summed E-state index contributed by atoms with van der Waals surface area (Å²) in [6, 6.07) is 0. The first kappa shape index (κ1) is 12.3. The number of ether oxygens (including phenoxy) is 1. The Bertz CT molecular complexity index is 315. The smallest absolute Gasteiger partial charge is 0.188 e. The van der Waals surface area contributed by atoms with Crippen LogP contribution in [0.5, 0.6) is 0 Å². The van der Waals surface area contributed by atoms with E-state index in [1.54, 1.807) is 0 Å². The van der Waals surface area contributed by atoms with Gasteiger partial charge in [0.15, 0.2) is 5.96 Å². The highest BCUT2D eigenvalue weighted by Crippen LogP contribution is 2.57. The van der Waals surface area contributed by atoms with Gasteiger partial charge in [-0.05, 0) is 49.9 Å². The van der Waals surface area contributed by atoms with E-state index in [0.29, 0.717) is 17.5 Å². The van der Waals surface area contributed by atoms with Crippen LogP contribution in [0.15, 0.2) is 4.99 Å². The van der Waals surface area contributed by atoms with Crippen molar-refractivity contribution in [2.24, 2.45) is 22.1 Å². The number of nitrogens with two attached hydrogens (primary N) is 1. The molecular weight excluding hydrogens is 226 g/mol. The molecule has 2 aliphatic carbocycles. The Morgan fingerprint density at radius 2 is 2.11 bits per heavy atom. The molecule has 1 atom stereocenters. The van der Waals surface area contributed by atoms with E-state index >= 15 is 0 Å². The number of nitrogens with zero attached hydrogens (tertiary/aromatic N) is 1. The summed E-state index contributed by atoms with van der Waals surface area (Å²) >= 11 is 0. The highest BCUT2D eigenvalue weighted by atomic mass is 16.5. The van der Waals surface area contributed by atoms with Gasteiger partial charge < -0.3 is 15.8 Å². The maximum atomic E-state index is 5.94. The third kappa shape index (κ3) is 2.63. The number of hydrogen-bond donors (Lipinski definition) is 2. The van der Waals surface area contributed by atoms with Gasteiger partial charge in [0.2, 0.25) is 0 Å². The van der Waals surface area contributed by atoms with Crippen LogP contribution in [0.2, 0.25) is 0 Å². The second-order valence-electron chi connectivity index (χ2n) is 6.21. The number of hydrogen-bond acceptors (Lipinski definition) is 2. The van der Waals surface area contributed by atoms with Crippen LogP contribution in [0, 0.1) is 11.3 Å². The van der Waals surface area contributed by atoms with Crippen molar-refractivity contribution in [2.75, 3.05) is 19.7 Å². The van der Waals surface area contributed by atoms with E-state index in [1.165, 1.54) is 38.5 Å². The second-order valence-corrected chi connectivity index (χ2v) is 6.21. The Morgan fingerprint density at radius 3 is 2.67 bits per heavy atom. The van der Waals surface area contributed by atoms with Crippen molar-refractivity contribution in [1.82, 2.24) is 5.32 Å². The summed E-state index contributed by atoms with van der Waals surface area (Å²) in [4.78, 5) is 4.57. The normalized spacial score (nSPS) is 31.1. The van der Waals surface area contributed by atoms with Crippen LogP contribution in [0.3, 0.4) is 0 Å². The minimum atomic E-state index is 0.333. The molecule has 0 amide bonds. The Balaban J connectivity index is 1.43. The fourth-order valence-electron chi connectivity index (χ4n) is 3.34. The van der Waals surface area contributed by atoms with Crippen LogP contribution >= 0.6 is 0 Å². The fraction of sp³-hybridized carbons (Fsp3) is 0.929. The number of rotatable bonds is 5. The van der Waals surface area contributed by atoms with Gasteiger partial charge in [-0.25, -0.2) is 0 Å². The Morgan fingerprint density at radius 1 is 1.28 bits per heavy atom. The maximum Gasteiger partial charge on any atom is 0.188 e. The Hall–Kier alpha value is -0.770. The van der Waals surface area contributed by atoms with Crippen LogP contribution in [-0.2, 0) is 4.74 Å². The molecule has 0 spiro atoms. The third-order valence-corrected chi connectivity index (χ3v) is 4.89. The SMILES string of the molecule is NC(=NCC1(C2CC2)CCC1)NCC1CCCO1. The average molecular weight is 251 g/mol. The molecule has 102 valence electrons. The Labute approximate surface area is 109 Å². The first-order valence-electron chi connectivity index (χ1n) is 7.44. The summed E-state index contributed by atoms with van der Waals surface area (Å²) in [5.74, 6) is 1.55. The van der Waals surface area contributed by atoms with Crippen LogP contribution in [0.1, 0.15) is 44.9 Å². The summed E-state index contributed by atoms with van der Waals surface area (Å²) in [6.07, 6.45) is 9.59. The van der Waals surface area contributed by atoms with Gasteiger partial charge in [-0.3, -0.25) is 4.99 Å². The molecule has 1 unspecified atom stereocenters. The molecule has 0 bridgehead atoms. The molecule has 0 aromatic heterocycles. The van der Waals surface area contributed by atoms with Crippen molar-refractivity contribution in [2.45, 2.75) is 51.0 Å². The van der Waals surface area contributed by atoms with Crippen molar-refractivity contribution in [3.05, 3.63) is 0 Å². The van der Waals surface area contributed by atoms with Gasteiger partial charge in [-0.1, -0.05) is 6.42 Å². The molecule has 18 heavy (non-hydrogen) atoms. The standard InChI is InChI=1S/C14H25N3O/c15-13(16-9-12-3-1-8-18-12)17-10-14(6-2-7-14)11-4-5-11/h11-12H,1-10H2,(H3,15,16,17). The van der Waals surface area contributed by atoms with Crippen LogP contribution in [0.25, 0.3) is 0 Å². The molecule has 3 N–H and O–H groups in total. The van der Waals surface area contributed by atoms with Gasteiger partial charge in [0, 0.05) is 19.7 Å². The highest BCUT2D eigenvalue weighted by Gasteiger charge is 2.48. The first-order chi connectivity index (χ1) is 8.78. The van der Waals surface area contributed by atoms with Crippen LogP contribution in [0.4, 0.5) is 0 Å². The number of aliphatic imine (C=N–C) groups is 1. The van der Waals surface area contributed by atoms with E-state index in [2.05, 4.69) is 10.3 Å². The van der Waals surface area contributed by atoms with Crippen molar-refractivity contribution in [1.29, 1.82) is 0 Å². The van der Waals surface area contributed by atoms with E-state index in [-0.39, 0.29) is 0 Å². The summed E-state index contributed by atoms with van der Waals surface area (Å²) < 4.78 is 5.56. The predicted octanol–water partition coefficient (Wildman–Crippen LogP) is 1.65. The largest absolute Gasteiger partial charge is 0.376 e. The van der Waals surface area contributed by atoms with Crippen molar-refractivity contribution < 1.29 is 4.74 Å². The number of nitrogens with one attached hydrogen (secondary N) is 1. The summed E-state index contributed by atoms with van der Waals surface area (Å²) in [7, 11) is 0. The molecule has 2 saturated carbocycles. The van der Waals surface area contributed by atoms with E-state index in [4.69, 9.17) is 10.5 Å². The quantitative estimate of drug-likeness (QED) is 0.577. The van der Waals surface area contributed by atoms with E-state index in [1.807, 2.05) is 0 Å². The Kier molecular flexibility index (Phi) is 3.46. The van der Waals surface area contributed by atoms with Gasteiger partial charge in [0.05, 0.1) is 6.10 Å². The van der Waals surface area contributed by atoms with Crippen LogP contribution < -0.4 is 11.1 Å². The highest BCUT2D eigenvalue weighted by molar-refractivity contribution is 5.77. The zero-order chi connectivity index (χ0) is 12.4. The summed E-state index contributed by atoms with van der Waals surface area (Å²) in [5, 5.41) is 3.21. The van der Waals surface area contributed by atoms with E-state index in [0.717, 1.165) is 32.0 Å². The lowest BCUT2D eigenvalue weighted by Crippen LogP contribution is -2.40. The number of guanidine groups is 1. The zero-order valence-corrected chi connectivity index (χ0v) is 11.2. The third-order valence-electron chi connectivity index (χ3n) is 4.89. The molecule has 1 saturated heterocycles. The zero-order valence-electron chi connectivity index (χ0n) is 11.2. The summed E-state index contributed by atoms with van der Waals surface area (Å²) in [5.41, 5.74) is 6.47. The molecule has 0 aromatic rings. The molecule has 3 aliphatic rings. The molecular formula is C14H25N3O. The van der Waals surface area contributed by atoms with Gasteiger partial charge in [-0.2, -0.15) is 0 Å². The van der Waals surface area contributed by atoms with Gasteiger partial charge in [0.25, 0.3) is 0 Å². The van der Waals surface area contributed by atoms with Gasteiger partial charge in [-0.15, -0.1) is 0 Å². The molecule has 4 nitrogen and oxygen atoms in total. The topological polar surface area (TPSA) is 59.6 Å².